The van der Waals surface area contributed by atoms with Crippen molar-refractivity contribution in [2.45, 2.75) is 0 Å². The molecule has 110 valence electrons. The van der Waals surface area contributed by atoms with Crippen molar-refractivity contribution in [3.05, 3.63) is 46.6 Å². The van der Waals surface area contributed by atoms with E-state index in [1.807, 2.05) is 18.2 Å². The van der Waals surface area contributed by atoms with Gasteiger partial charge in [0.1, 0.15) is 9.93 Å². The highest BCUT2D eigenvalue weighted by Gasteiger charge is 2.18. The van der Waals surface area contributed by atoms with E-state index in [1.165, 1.54) is 17.4 Å². The van der Waals surface area contributed by atoms with Gasteiger partial charge in [-0.15, -0.1) is 11.3 Å². The van der Waals surface area contributed by atoms with Crippen LogP contribution in [0.25, 0.3) is 21.2 Å². The molecule has 0 amide bonds. The van der Waals surface area contributed by atoms with Crippen LogP contribution in [0.3, 0.4) is 0 Å². The van der Waals surface area contributed by atoms with E-state index in [2.05, 4.69) is 4.98 Å². The van der Waals surface area contributed by atoms with E-state index < -0.39 is 4.92 Å². The van der Waals surface area contributed by atoms with Crippen LogP contribution < -0.4 is 9.47 Å². The van der Waals surface area contributed by atoms with Gasteiger partial charge in [-0.3, -0.25) is 10.1 Å². The highest BCUT2D eigenvalue weighted by Crippen LogP contribution is 2.39. The SMILES string of the molecule is O=[N+]([O-])c1ccc(-c2cnc(-c3ccc4c(c3)OCO4)s2)o1. The molecule has 1 aliphatic heterocycles. The van der Waals surface area contributed by atoms with Gasteiger partial charge in [-0.05, 0) is 24.3 Å². The molecule has 1 aromatic carbocycles. The van der Waals surface area contributed by atoms with E-state index in [1.54, 1.807) is 12.3 Å². The summed E-state index contributed by atoms with van der Waals surface area (Å²) in [5.74, 6) is 1.54. The Morgan fingerprint density at radius 2 is 2.05 bits per heavy atom. The third-order valence-electron chi connectivity index (χ3n) is 3.14. The second-order valence-electron chi connectivity index (χ2n) is 4.49. The van der Waals surface area contributed by atoms with E-state index in [4.69, 9.17) is 13.9 Å². The minimum absolute atomic E-state index is 0.220. The summed E-state index contributed by atoms with van der Waals surface area (Å²) < 4.78 is 15.8. The zero-order chi connectivity index (χ0) is 15.1. The van der Waals surface area contributed by atoms with Gasteiger partial charge in [-0.2, -0.15) is 0 Å². The Balaban J connectivity index is 1.67. The minimum atomic E-state index is -0.566. The molecule has 0 spiro atoms. The summed E-state index contributed by atoms with van der Waals surface area (Å²) >= 11 is 1.39. The van der Waals surface area contributed by atoms with Crippen molar-refractivity contribution in [3.8, 4) is 32.7 Å². The van der Waals surface area contributed by atoms with Gasteiger partial charge in [-0.1, -0.05) is 0 Å². The Morgan fingerprint density at radius 3 is 2.86 bits per heavy atom. The molecule has 3 heterocycles. The maximum atomic E-state index is 10.7. The summed E-state index contributed by atoms with van der Waals surface area (Å²) in [5, 5.41) is 11.4. The third-order valence-corrected chi connectivity index (χ3v) is 4.20. The van der Waals surface area contributed by atoms with Crippen molar-refractivity contribution in [1.82, 2.24) is 4.98 Å². The number of fused-ring (bicyclic) bond motifs is 1. The number of thiazole rings is 1. The smallest absolute Gasteiger partial charge is 0.433 e. The minimum Gasteiger partial charge on any atom is -0.454 e. The first-order valence-electron chi connectivity index (χ1n) is 6.31. The van der Waals surface area contributed by atoms with Crippen LogP contribution in [0.1, 0.15) is 0 Å². The fourth-order valence-electron chi connectivity index (χ4n) is 2.11. The molecule has 0 saturated carbocycles. The molecule has 8 heteroatoms. The van der Waals surface area contributed by atoms with Crippen LogP contribution >= 0.6 is 11.3 Å². The molecule has 22 heavy (non-hydrogen) atoms. The predicted molar refractivity (Wildman–Crippen MR) is 78.0 cm³/mol. The van der Waals surface area contributed by atoms with Crippen LogP contribution in [0.5, 0.6) is 11.5 Å². The Bertz CT molecular complexity index is 870. The molecular weight excluding hydrogens is 308 g/mol. The second-order valence-corrected chi connectivity index (χ2v) is 5.52. The molecule has 0 atom stereocenters. The summed E-state index contributed by atoms with van der Waals surface area (Å²) in [7, 11) is 0. The number of benzene rings is 1. The lowest BCUT2D eigenvalue weighted by Gasteiger charge is -1.98. The average Bonchev–Trinajstić information content (AvgIpc) is 3.25. The summed E-state index contributed by atoms with van der Waals surface area (Å²) in [6.07, 6.45) is 1.63. The molecule has 0 bridgehead atoms. The van der Waals surface area contributed by atoms with E-state index in [0.717, 1.165) is 15.4 Å². The van der Waals surface area contributed by atoms with Gasteiger partial charge in [0.25, 0.3) is 0 Å². The van der Waals surface area contributed by atoms with Gasteiger partial charge < -0.3 is 13.9 Å². The van der Waals surface area contributed by atoms with E-state index in [9.17, 15) is 10.1 Å². The summed E-state index contributed by atoms with van der Waals surface area (Å²) in [6, 6.07) is 8.47. The van der Waals surface area contributed by atoms with Gasteiger partial charge in [0.05, 0.1) is 10.9 Å². The molecule has 4 rings (SSSR count). The lowest BCUT2D eigenvalue weighted by Crippen LogP contribution is -1.92. The molecule has 0 unspecified atom stereocenters. The van der Waals surface area contributed by atoms with Crippen LogP contribution in [-0.2, 0) is 0 Å². The van der Waals surface area contributed by atoms with Crippen molar-refractivity contribution in [3.63, 3.8) is 0 Å². The van der Waals surface area contributed by atoms with E-state index >= 15 is 0 Å². The Morgan fingerprint density at radius 1 is 1.18 bits per heavy atom. The van der Waals surface area contributed by atoms with Gasteiger partial charge in [0, 0.05) is 11.8 Å². The van der Waals surface area contributed by atoms with E-state index in [-0.39, 0.29) is 12.7 Å². The molecule has 3 aromatic rings. The number of nitrogens with zero attached hydrogens (tertiary/aromatic N) is 2. The molecule has 0 saturated heterocycles. The molecule has 1 aliphatic rings. The summed E-state index contributed by atoms with van der Waals surface area (Å²) in [6.45, 7) is 0.220. The zero-order valence-electron chi connectivity index (χ0n) is 11.0. The number of nitro groups is 1. The van der Waals surface area contributed by atoms with Crippen LogP contribution in [0.2, 0.25) is 0 Å². The Labute approximate surface area is 127 Å². The first-order chi connectivity index (χ1) is 10.7. The van der Waals surface area contributed by atoms with Crippen LogP contribution in [0, 0.1) is 10.1 Å². The van der Waals surface area contributed by atoms with Crippen molar-refractivity contribution in [1.29, 1.82) is 0 Å². The lowest BCUT2D eigenvalue weighted by atomic mass is 10.2. The maximum Gasteiger partial charge on any atom is 0.433 e. The molecule has 0 N–H and O–H groups in total. The topological polar surface area (TPSA) is 87.6 Å². The third kappa shape index (κ3) is 2.09. The number of aromatic nitrogens is 1. The standard InChI is InChI=1S/C14H8N2O5S/c17-16(18)13-4-3-10(21-13)12-6-15-14(22-12)8-1-2-9-11(5-8)20-7-19-9/h1-6H,7H2. The summed E-state index contributed by atoms with van der Waals surface area (Å²) in [4.78, 5) is 15.1. The van der Waals surface area contributed by atoms with Crippen molar-refractivity contribution < 1.29 is 18.8 Å². The molecule has 7 nitrogen and oxygen atoms in total. The van der Waals surface area contributed by atoms with Crippen molar-refractivity contribution in [2.75, 3.05) is 6.79 Å². The van der Waals surface area contributed by atoms with Gasteiger partial charge in [0.2, 0.25) is 6.79 Å². The number of rotatable bonds is 3. The fraction of sp³-hybridized carbons (Fsp3) is 0.0714. The highest BCUT2D eigenvalue weighted by molar-refractivity contribution is 7.18. The molecule has 0 fully saturated rings. The molecular formula is C14H8N2O5S. The first kappa shape index (κ1) is 12.8. The van der Waals surface area contributed by atoms with Crippen LogP contribution in [0.4, 0.5) is 5.88 Å². The maximum absolute atomic E-state index is 10.7. The zero-order valence-corrected chi connectivity index (χ0v) is 11.8. The number of furan rings is 1. The van der Waals surface area contributed by atoms with Crippen LogP contribution in [0.15, 0.2) is 40.9 Å². The number of hydrogen-bond acceptors (Lipinski definition) is 7. The number of hydrogen-bond donors (Lipinski definition) is 0. The van der Waals surface area contributed by atoms with Crippen molar-refractivity contribution in [2.24, 2.45) is 0 Å². The Kier molecular flexibility index (Phi) is 2.83. The fourth-order valence-corrected chi connectivity index (χ4v) is 2.98. The lowest BCUT2D eigenvalue weighted by molar-refractivity contribution is -0.401. The molecule has 0 aliphatic carbocycles. The monoisotopic (exact) mass is 316 g/mol. The van der Waals surface area contributed by atoms with E-state index in [0.29, 0.717) is 17.3 Å². The quantitative estimate of drug-likeness (QED) is 0.540. The average molecular weight is 316 g/mol. The van der Waals surface area contributed by atoms with Gasteiger partial charge in [-0.25, -0.2) is 4.98 Å². The highest BCUT2D eigenvalue weighted by atomic mass is 32.1. The van der Waals surface area contributed by atoms with Crippen LogP contribution in [-0.4, -0.2) is 16.7 Å². The predicted octanol–water partition coefficient (Wildman–Crippen LogP) is 3.71. The second kappa shape index (κ2) is 4.85. The normalized spacial score (nSPS) is 12.5. The van der Waals surface area contributed by atoms with Crippen molar-refractivity contribution >= 4 is 17.2 Å². The van der Waals surface area contributed by atoms with Gasteiger partial charge >= 0.3 is 5.88 Å². The molecule has 2 aromatic heterocycles. The Hall–Kier alpha value is -2.87. The largest absolute Gasteiger partial charge is 0.454 e. The first-order valence-corrected chi connectivity index (χ1v) is 7.13. The number of ether oxygens (including phenoxy) is 2. The molecule has 0 radical (unpaired) electrons. The summed E-state index contributed by atoms with van der Waals surface area (Å²) in [5.41, 5.74) is 0.890. The van der Waals surface area contributed by atoms with Gasteiger partial charge in [0.15, 0.2) is 17.3 Å².